The molecule has 1 aromatic rings. The molecule has 1 aromatic carbocycles. The van der Waals surface area contributed by atoms with Crippen LogP contribution in [0.15, 0.2) is 24.3 Å². The van der Waals surface area contributed by atoms with E-state index in [-0.39, 0.29) is 11.5 Å². The van der Waals surface area contributed by atoms with Gasteiger partial charge in [0, 0.05) is 38.3 Å². The van der Waals surface area contributed by atoms with Crippen molar-refractivity contribution in [3.63, 3.8) is 0 Å². The summed E-state index contributed by atoms with van der Waals surface area (Å²) >= 11 is 0. The van der Waals surface area contributed by atoms with Crippen LogP contribution < -0.4 is 0 Å². The van der Waals surface area contributed by atoms with Crippen molar-refractivity contribution in [2.24, 2.45) is 0 Å². The number of carbonyl (C=O) groups excluding carboxylic acids is 1. The van der Waals surface area contributed by atoms with Gasteiger partial charge in [-0.05, 0) is 36.6 Å². The van der Waals surface area contributed by atoms with Crippen LogP contribution in [0.1, 0.15) is 44.2 Å². The molecule has 2 rings (SSSR count). The Bertz CT molecular complexity index is 664. The van der Waals surface area contributed by atoms with Crippen molar-refractivity contribution in [2.75, 3.05) is 26.2 Å². The molecule has 1 fully saturated rings. The lowest BCUT2D eigenvalue weighted by atomic mass is 10.1. The normalized spacial score (nSPS) is 17.5. The molecule has 0 spiro atoms. The first-order chi connectivity index (χ1) is 12.8. The quantitative estimate of drug-likeness (QED) is 0.528. The third-order valence-electron chi connectivity index (χ3n) is 4.95. The first-order valence-electron chi connectivity index (χ1n) is 9.34. The van der Waals surface area contributed by atoms with Gasteiger partial charge >= 0.3 is 6.18 Å². The third kappa shape index (κ3) is 5.79. The van der Waals surface area contributed by atoms with Gasteiger partial charge in [0.15, 0.2) is 0 Å². The van der Waals surface area contributed by atoms with E-state index in [1.165, 1.54) is 18.2 Å². The molecule has 1 saturated heterocycles. The summed E-state index contributed by atoms with van der Waals surface area (Å²) in [6.07, 6.45) is 1.13. The van der Waals surface area contributed by atoms with Gasteiger partial charge in [-0.15, -0.1) is 0 Å². The Hall–Kier alpha value is -1.89. The van der Waals surface area contributed by atoms with Gasteiger partial charge in [-0.2, -0.15) is 13.2 Å². The van der Waals surface area contributed by atoms with Gasteiger partial charge < -0.3 is 4.90 Å². The standard InChI is InChI=1S/C20H26F4N2O/c1-3-5-16(4-2)25-10-12-26(13-11-25)19(27)9-7-15-6-8-18(21)17(14-15)20(22,23)24/h6-9,14,16H,3-5,10-13H2,1-2H3/b9-7+. The minimum absolute atomic E-state index is 0.143. The summed E-state index contributed by atoms with van der Waals surface area (Å²) < 4.78 is 51.6. The van der Waals surface area contributed by atoms with Crippen LogP contribution in [0.3, 0.4) is 0 Å². The number of nitrogens with zero attached hydrogens (tertiary/aromatic N) is 2. The highest BCUT2D eigenvalue weighted by atomic mass is 19.4. The fourth-order valence-corrected chi connectivity index (χ4v) is 3.42. The Morgan fingerprint density at radius 2 is 1.85 bits per heavy atom. The maximum absolute atomic E-state index is 13.3. The number of benzene rings is 1. The summed E-state index contributed by atoms with van der Waals surface area (Å²) in [5.74, 6) is -1.56. The summed E-state index contributed by atoms with van der Waals surface area (Å²) in [7, 11) is 0. The molecule has 1 heterocycles. The molecule has 0 saturated carbocycles. The zero-order valence-corrected chi connectivity index (χ0v) is 15.7. The Balaban J connectivity index is 1.96. The van der Waals surface area contributed by atoms with Crippen LogP contribution in [0.25, 0.3) is 6.08 Å². The number of hydrogen-bond donors (Lipinski definition) is 0. The molecule has 0 bridgehead atoms. The molecule has 0 aromatic heterocycles. The molecule has 1 aliphatic heterocycles. The molecule has 27 heavy (non-hydrogen) atoms. The Labute approximate surface area is 157 Å². The van der Waals surface area contributed by atoms with Crippen LogP contribution in [-0.4, -0.2) is 47.9 Å². The van der Waals surface area contributed by atoms with Gasteiger partial charge in [0.1, 0.15) is 5.82 Å². The van der Waals surface area contributed by atoms with Gasteiger partial charge in [-0.25, -0.2) is 4.39 Å². The summed E-state index contributed by atoms with van der Waals surface area (Å²) in [6, 6.07) is 3.24. The molecule has 150 valence electrons. The average molecular weight is 386 g/mol. The predicted octanol–water partition coefficient (Wildman–Crippen LogP) is 4.58. The van der Waals surface area contributed by atoms with E-state index < -0.39 is 17.6 Å². The SMILES string of the molecule is CCCC(CC)N1CCN(C(=O)/C=C/c2ccc(F)c(C(F)(F)F)c2)CC1. The fraction of sp³-hybridized carbons (Fsp3) is 0.550. The average Bonchev–Trinajstić information content (AvgIpc) is 2.64. The number of amides is 1. The highest BCUT2D eigenvalue weighted by molar-refractivity contribution is 5.91. The molecule has 1 aliphatic rings. The minimum atomic E-state index is -4.76. The van der Waals surface area contributed by atoms with Crippen LogP contribution in [0.5, 0.6) is 0 Å². The molecule has 1 atom stereocenters. The Morgan fingerprint density at radius 1 is 1.19 bits per heavy atom. The maximum atomic E-state index is 13.3. The van der Waals surface area contributed by atoms with Crippen molar-refractivity contribution in [1.29, 1.82) is 0 Å². The van der Waals surface area contributed by atoms with Crippen LogP contribution in [0.4, 0.5) is 17.6 Å². The van der Waals surface area contributed by atoms with E-state index in [2.05, 4.69) is 18.7 Å². The molecule has 0 N–H and O–H groups in total. The Kier molecular flexibility index (Phi) is 7.41. The van der Waals surface area contributed by atoms with E-state index in [4.69, 9.17) is 0 Å². The van der Waals surface area contributed by atoms with Crippen molar-refractivity contribution >= 4 is 12.0 Å². The van der Waals surface area contributed by atoms with Gasteiger partial charge in [-0.3, -0.25) is 9.69 Å². The van der Waals surface area contributed by atoms with Crippen molar-refractivity contribution in [3.05, 3.63) is 41.2 Å². The number of rotatable bonds is 6. The van der Waals surface area contributed by atoms with Gasteiger partial charge in [0.2, 0.25) is 5.91 Å². The lowest BCUT2D eigenvalue weighted by Crippen LogP contribution is -2.51. The topological polar surface area (TPSA) is 23.6 Å². The summed E-state index contributed by atoms with van der Waals surface area (Å²) in [5.41, 5.74) is -1.18. The molecule has 3 nitrogen and oxygen atoms in total. The largest absolute Gasteiger partial charge is 0.419 e. The van der Waals surface area contributed by atoms with Gasteiger partial charge in [-0.1, -0.05) is 26.3 Å². The number of halogens is 4. The number of alkyl halides is 3. The lowest BCUT2D eigenvalue weighted by Gasteiger charge is -2.38. The summed E-state index contributed by atoms with van der Waals surface area (Å²) in [6.45, 7) is 7.12. The first kappa shape index (κ1) is 21.4. The van der Waals surface area contributed by atoms with Crippen molar-refractivity contribution in [3.8, 4) is 0 Å². The highest BCUT2D eigenvalue weighted by Gasteiger charge is 2.34. The maximum Gasteiger partial charge on any atom is 0.419 e. The molecule has 7 heteroatoms. The highest BCUT2D eigenvalue weighted by Crippen LogP contribution is 2.32. The second kappa shape index (κ2) is 9.35. The van der Waals surface area contributed by atoms with E-state index in [1.54, 1.807) is 4.90 Å². The van der Waals surface area contributed by atoms with Gasteiger partial charge in [0.25, 0.3) is 0 Å². The minimum Gasteiger partial charge on any atom is -0.337 e. The van der Waals surface area contributed by atoms with Crippen LogP contribution >= 0.6 is 0 Å². The van der Waals surface area contributed by atoms with Crippen molar-refractivity contribution in [2.45, 2.75) is 45.3 Å². The molecular formula is C20H26F4N2O. The third-order valence-corrected chi connectivity index (χ3v) is 4.95. The van der Waals surface area contributed by atoms with E-state index in [1.807, 2.05) is 0 Å². The second-order valence-electron chi connectivity index (χ2n) is 6.78. The molecule has 0 radical (unpaired) electrons. The summed E-state index contributed by atoms with van der Waals surface area (Å²) in [4.78, 5) is 16.4. The number of carbonyl (C=O) groups is 1. The zero-order chi connectivity index (χ0) is 20.0. The van der Waals surface area contributed by atoms with E-state index in [9.17, 15) is 22.4 Å². The zero-order valence-electron chi connectivity index (χ0n) is 15.7. The molecule has 1 unspecified atom stereocenters. The van der Waals surface area contributed by atoms with E-state index in [0.29, 0.717) is 25.2 Å². The smallest absolute Gasteiger partial charge is 0.337 e. The van der Waals surface area contributed by atoms with E-state index >= 15 is 0 Å². The van der Waals surface area contributed by atoms with Crippen LogP contribution in [0, 0.1) is 5.82 Å². The van der Waals surface area contributed by atoms with E-state index in [0.717, 1.165) is 38.4 Å². The molecule has 1 amide bonds. The van der Waals surface area contributed by atoms with Crippen molar-refractivity contribution < 1.29 is 22.4 Å². The number of hydrogen-bond acceptors (Lipinski definition) is 2. The van der Waals surface area contributed by atoms with Crippen molar-refractivity contribution in [1.82, 2.24) is 9.80 Å². The second-order valence-corrected chi connectivity index (χ2v) is 6.78. The van der Waals surface area contributed by atoms with Crippen LogP contribution in [0.2, 0.25) is 0 Å². The number of piperazine rings is 1. The van der Waals surface area contributed by atoms with Gasteiger partial charge in [0.05, 0.1) is 5.56 Å². The predicted molar refractivity (Wildman–Crippen MR) is 97.6 cm³/mol. The molecule has 0 aliphatic carbocycles. The Morgan fingerprint density at radius 3 is 2.41 bits per heavy atom. The lowest BCUT2D eigenvalue weighted by molar-refractivity contribution is -0.140. The summed E-state index contributed by atoms with van der Waals surface area (Å²) in [5, 5.41) is 0. The monoisotopic (exact) mass is 386 g/mol. The van der Waals surface area contributed by atoms with Crippen LogP contribution in [-0.2, 0) is 11.0 Å². The molecular weight excluding hydrogens is 360 g/mol. The fourth-order valence-electron chi connectivity index (χ4n) is 3.42. The first-order valence-corrected chi connectivity index (χ1v) is 9.34.